The molecule has 1 heterocycles. The van der Waals surface area contributed by atoms with E-state index in [0.29, 0.717) is 15.5 Å². The van der Waals surface area contributed by atoms with Gasteiger partial charge in [0.15, 0.2) is 0 Å². The second kappa shape index (κ2) is 5.68. The van der Waals surface area contributed by atoms with Crippen LogP contribution in [0.5, 0.6) is 0 Å². The van der Waals surface area contributed by atoms with Gasteiger partial charge in [-0.25, -0.2) is 17.9 Å². The number of H-pyrrole nitrogens is 2. The lowest BCUT2D eigenvalue weighted by atomic mass is 10.3. The standard InChI is InChI=1S/C11H15BrN4O3S/c1-6(13-2)5-14-20(18,19)10-4-9-8(3-7(10)12)15-11(17)16-9/h3-4,6,13-14H,5H2,1-2H3,(H2,15,16,17). The van der Waals surface area contributed by atoms with E-state index in [1.807, 2.05) is 6.92 Å². The molecule has 0 aliphatic rings. The summed E-state index contributed by atoms with van der Waals surface area (Å²) in [5.74, 6) is 0. The first-order valence-corrected chi connectivity index (χ1v) is 8.19. The van der Waals surface area contributed by atoms with Gasteiger partial charge in [0.25, 0.3) is 0 Å². The first-order chi connectivity index (χ1) is 9.33. The van der Waals surface area contributed by atoms with E-state index in [-0.39, 0.29) is 23.2 Å². The number of nitrogens with one attached hydrogen (secondary N) is 4. The molecule has 0 saturated carbocycles. The molecule has 0 spiro atoms. The molecule has 1 aromatic heterocycles. The number of halogens is 1. The molecule has 2 aromatic rings. The highest BCUT2D eigenvalue weighted by Crippen LogP contribution is 2.25. The van der Waals surface area contributed by atoms with Crippen LogP contribution in [0.2, 0.25) is 0 Å². The Labute approximate surface area is 124 Å². The maximum atomic E-state index is 12.3. The molecule has 0 saturated heterocycles. The first-order valence-electron chi connectivity index (χ1n) is 5.92. The van der Waals surface area contributed by atoms with Gasteiger partial charge < -0.3 is 15.3 Å². The fraction of sp³-hybridized carbons (Fsp3) is 0.364. The SMILES string of the molecule is CNC(C)CNS(=O)(=O)c1cc2[nH]c(=O)[nH]c2cc1Br. The lowest BCUT2D eigenvalue weighted by molar-refractivity contribution is 0.554. The molecule has 2 rings (SSSR count). The van der Waals surface area contributed by atoms with Gasteiger partial charge in [-0.3, -0.25) is 0 Å². The van der Waals surface area contributed by atoms with Crippen LogP contribution < -0.4 is 15.7 Å². The molecule has 1 unspecified atom stereocenters. The molecule has 0 aliphatic carbocycles. The normalized spacial score (nSPS) is 13.8. The van der Waals surface area contributed by atoms with Crippen molar-refractivity contribution in [2.75, 3.05) is 13.6 Å². The van der Waals surface area contributed by atoms with Crippen molar-refractivity contribution in [1.82, 2.24) is 20.0 Å². The molecule has 9 heteroatoms. The highest BCUT2D eigenvalue weighted by molar-refractivity contribution is 9.10. The zero-order valence-corrected chi connectivity index (χ0v) is 13.4. The van der Waals surface area contributed by atoms with E-state index in [2.05, 4.69) is 35.9 Å². The summed E-state index contributed by atoms with van der Waals surface area (Å²) in [6.45, 7) is 2.14. The monoisotopic (exact) mass is 362 g/mol. The molecule has 1 aromatic carbocycles. The maximum absolute atomic E-state index is 12.3. The number of imidazole rings is 1. The minimum Gasteiger partial charge on any atom is -0.316 e. The molecule has 0 radical (unpaired) electrons. The summed E-state index contributed by atoms with van der Waals surface area (Å²) in [4.78, 5) is 16.4. The second-order valence-electron chi connectivity index (χ2n) is 4.45. The topological polar surface area (TPSA) is 107 Å². The van der Waals surface area contributed by atoms with E-state index in [1.54, 1.807) is 13.1 Å². The number of aromatic amines is 2. The Hall–Kier alpha value is -1.16. The van der Waals surface area contributed by atoms with Crippen LogP contribution in [0.15, 0.2) is 26.3 Å². The van der Waals surface area contributed by atoms with Gasteiger partial charge in [0.2, 0.25) is 10.0 Å². The van der Waals surface area contributed by atoms with E-state index in [1.165, 1.54) is 6.07 Å². The van der Waals surface area contributed by atoms with Crippen molar-refractivity contribution in [2.24, 2.45) is 0 Å². The van der Waals surface area contributed by atoms with E-state index in [9.17, 15) is 13.2 Å². The van der Waals surface area contributed by atoms with Crippen LogP contribution in [0.4, 0.5) is 0 Å². The van der Waals surface area contributed by atoms with E-state index in [4.69, 9.17) is 0 Å². The van der Waals surface area contributed by atoms with Gasteiger partial charge in [0.05, 0.1) is 15.9 Å². The van der Waals surface area contributed by atoms with Gasteiger partial charge in [-0.1, -0.05) is 0 Å². The van der Waals surface area contributed by atoms with Crippen LogP contribution >= 0.6 is 15.9 Å². The fourth-order valence-corrected chi connectivity index (χ4v) is 3.85. The molecule has 20 heavy (non-hydrogen) atoms. The van der Waals surface area contributed by atoms with Gasteiger partial charge in [-0.05, 0) is 42.0 Å². The van der Waals surface area contributed by atoms with Crippen LogP contribution in [-0.2, 0) is 10.0 Å². The summed E-state index contributed by atoms with van der Waals surface area (Å²) in [6.07, 6.45) is 0. The minimum atomic E-state index is -3.65. The molecule has 7 nitrogen and oxygen atoms in total. The number of benzene rings is 1. The Morgan fingerprint density at radius 2 is 1.90 bits per heavy atom. The smallest absolute Gasteiger partial charge is 0.316 e. The Kier molecular flexibility index (Phi) is 4.33. The second-order valence-corrected chi connectivity index (χ2v) is 7.04. The van der Waals surface area contributed by atoms with Gasteiger partial charge in [0, 0.05) is 17.1 Å². The highest BCUT2D eigenvalue weighted by Gasteiger charge is 2.19. The molecular weight excluding hydrogens is 348 g/mol. The fourth-order valence-electron chi connectivity index (χ4n) is 1.66. The molecule has 0 aliphatic heterocycles. The predicted molar refractivity (Wildman–Crippen MR) is 80.3 cm³/mol. The minimum absolute atomic E-state index is 0.0133. The average Bonchev–Trinajstić information content (AvgIpc) is 2.74. The molecule has 4 N–H and O–H groups in total. The Bertz CT molecular complexity index is 781. The molecule has 110 valence electrons. The maximum Gasteiger partial charge on any atom is 0.323 e. The van der Waals surface area contributed by atoms with E-state index < -0.39 is 10.0 Å². The van der Waals surface area contributed by atoms with Crippen molar-refractivity contribution in [3.05, 3.63) is 27.1 Å². The van der Waals surface area contributed by atoms with Gasteiger partial charge in [-0.15, -0.1) is 0 Å². The van der Waals surface area contributed by atoms with Gasteiger partial charge in [-0.2, -0.15) is 0 Å². The summed E-state index contributed by atoms with van der Waals surface area (Å²) in [5.41, 5.74) is 0.614. The van der Waals surface area contributed by atoms with Crippen LogP contribution in [0, 0.1) is 0 Å². The average molecular weight is 363 g/mol. The van der Waals surface area contributed by atoms with Crippen LogP contribution in [0.25, 0.3) is 11.0 Å². The Balaban J connectivity index is 2.40. The van der Waals surface area contributed by atoms with Crippen molar-refractivity contribution < 1.29 is 8.42 Å². The summed E-state index contributed by atoms with van der Waals surface area (Å²) in [5, 5.41) is 2.95. The van der Waals surface area contributed by atoms with Crippen LogP contribution in [0.1, 0.15) is 6.92 Å². The van der Waals surface area contributed by atoms with Crippen molar-refractivity contribution in [1.29, 1.82) is 0 Å². The first kappa shape index (κ1) is 15.2. The lowest BCUT2D eigenvalue weighted by Gasteiger charge is -2.12. The summed E-state index contributed by atoms with van der Waals surface area (Å²) >= 11 is 3.22. The number of sulfonamides is 1. The van der Waals surface area contributed by atoms with Crippen LogP contribution in [-0.4, -0.2) is 38.0 Å². The molecule has 0 bridgehead atoms. The molecule has 1 atom stereocenters. The lowest BCUT2D eigenvalue weighted by Crippen LogP contribution is -2.37. The summed E-state index contributed by atoms with van der Waals surface area (Å²) < 4.78 is 27.4. The Morgan fingerprint density at radius 3 is 2.50 bits per heavy atom. The molecule has 0 fully saturated rings. The number of fused-ring (bicyclic) bond motifs is 1. The number of likely N-dealkylation sites (N-methyl/N-ethyl adjacent to an activating group) is 1. The van der Waals surface area contributed by atoms with Gasteiger partial charge in [0.1, 0.15) is 0 Å². The number of rotatable bonds is 5. The van der Waals surface area contributed by atoms with E-state index >= 15 is 0 Å². The third-order valence-corrected chi connectivity index (χ3v) is 5.31. The van der Waals surface area contributed by atoms with Crippen molar-refractivity contribution in [2.45, 2.75) is 17.9 Å². The number of hydrogen-bond donors (Lipinski definition) is 4. The highest BCUT2D eigenvalue weighted by atomic mass is 79.9. The van der Waals surface area contributed by atoms with Crippen molar-refractivity contribution in [3.8, 4) is 0 Å². The van der Waals surface area contributed by atoms with Gasteiger partial charge >= 0.3 is 5.69 Å². The number of hydrogen-bond acceptors (Lipinski definition) is 4. The van der Waals surface area contributed by atoms with E-state index in [0.717, 1.165) is 0 Å². The third kappa shape index (κ3) is 3.11. The van der Waals surface area contributed by atoms with Crippen molar-refractivity contribution >= 4 is 37.0 Å². The largest absolute Gasteiger partial charge is 0.323 e. The number of aromatic nitrogens is 2. The Morgan fingerprint density at radius 1 is 1.30 bits per heavy atom. The zero-order chi connectivity index (χ0) is 14.9. The predicted octanol–water partition coefficient (Wildman–Crippen LogP) is 0.505. The zero-order valence-electron chi connectivity index (χ0n) is 11.0. The summed E-state index contributed by atoms with van der Waals surface area (Å²) in [6, 6.07) is 2.99. The van der Waals surface area contributed by atoms with Crippen molar-refractivity contribution in [3.63, 3.8) is 0 Å². The van der Waals surface area contributed by atoms with Crippen LogP contribution in [0.3, 0.4) is 0 Å². The molecular formula is C11H15BrN4O3S. The molecule has 0 amide bonds. The third-order valence-electron chi connectivity index (χ3n) is 2.93. The summed E-state index contributed by atoms with van der Waals surface area (Å²) in [7, 11) is -1.90. The quantitative estimate of drug-likeness (QED) is 0.621.